The van der Waals surface area contributed by atoms with Crippen molar-refractivity contribution >= 4 is 34.6 Å². The van der Waals surface area contributed by atoms with Gasteiger partial charge in [-0.3, -0.25) is 14.9 Å². The average Bonchev–Trinajstić information content (AvgIpc) is 2.60. The molecule has 0 aliphatic heterocycles. The SMILES string of the molecule is COc1ccc(NCC(=O)Nc2cc([N+](=O)[O-])ccc2OC)cc1Cl. The number of non-ortho nitro benzene ring substituents is 1. The predicted octanol–water partition coefficient (Wildman–Crippen LogP) is 3.32. The van der Waals surface area contributed by atoms with Gasteiger partial charge in [-0.2, -0.15) is 0 Å². The number of benzene rings is 2. The van der Waals surface area contributed by atoms with Gasteiger partial charge in [0.1, 0.15) is 11.5 Å². The molecule has 25 heavy (non-hydrogen) atoms. The van der Waals surface area contributed by atoms with Crippen LogP contribution in [0.3, 0.4) is 0 Å². The summed E-state index contributed by atoms with van der Waals surface area (Å²) in [7, 11) is 2.92. The van der Waals surface area contributed by atoms with Gasteiger partial charge in [-0.05, 0) is 24.3 Å². The van der Waals surface area contributed by atoms with Crippen LogP contribution in [0.5, 0.6) is 11.5 Å². The highest BCUT2D eigenvalue weighted by Crippen LogP contribution is 2.29. The smallest absolute Gasteiger partial charge is 0.271 e. The summed E-state index contributed by atoms with van der Waals surface area (Å²) in [5.74, 6) is 0.454. The van der Waals surface area contributed by atoms with Gasteiger partial charge in [0.2, 0.25) is 5.91 Å². The number of methoxy groups -OCH3 is 2. The maximum absolute atomic E-state index is 12.1. The van der Waals surface area contributed by atoms with Crippen molar-refractivity contribution in [3.63, 3.8) is 0 Å². The molecule has 0 saturated heterocycles. The second-order valence-electron chi connectivity index (χ2n) is 4.89. The van der Waals surface area contributed by atoms with Crippen LogP contribution in [0, 0.1) is 10.1 Å². The number of hydrogen-bond acceptors (Lipinski definition) is 6. The number of carbonyl (C=O) groups excluding carboxylic acids is 1. The van der Waals surface area contributed by atoms with E-state index < -0.39 is 10.8 Å². The number of hydrogen-bond donors (Lipinski definition) is 2. The fourth-order valence-electron chi connectivity index (χ4n) is 2.06. The van der Waals surface area contributed by atoms with Crippen LogP contribution in [0.1, 0.15) is 0 Å². The predicted molar refractivity (Wildman–Crippen MR) is 94.8 cm³/mol. The Balaban J connectivity index is 2.04. The second kappa shape index (κ2) is 8.20. The van der Waals surface area contributed by atoms with Crippen LogP contribution in [0.15, 0.2) is 36.4 Å². The summed E-state index contributed by atoms with van der Waals surface area (Å²) in [4.78, 5) is 22.4. The fraction of sp³-hybridized carbons (Fsp3) is 0.188. The molecule has 1 amide bonds. The van der Waals surface area contributed by atoms with Crippen LogP contribution in [0.4, 0.5) is 17.1 Å². The molecule has 0 saturated carbocycles. The summed E-state index contributed by atoms with van der Waals surface area (Å²) in [6.07, 6.45) is 0. The van der Waals surface area contributed by atoms with E-state index in [2.05, 4.69) is 10.6 Å². The molecule has 0 unspecified atom stereocenters. The van der Waals surface area contributed by atoms with Crippen molar-refractivity contribution in [1.82, 2.24) is 0 Å². The van der Waals surface area contributed by atoms with E-state index in [1.165, 1.54) is 32.4 Å². The quantitative estimate of drug-likeness (QED) is 0.576. The van der Waals surface area contributed by atoms with Gasteiger partial charge in [0.25, 0.3) is 5.69 Å². The second-order valence-corrected chi connectivity index (χ2v) is 5.30. The Morgan fingerprint density at radius 3 is 2.44 bits per heavy atom. The number of ether oxygens (including phenoxy) is 2. The standard InChI is InChI=1S/C16H16ClN3O5/c1-24-14-5-3-10(7-12(14)17)18-9-16(21)19-13-8-11(20(22)23)4-6-15(13)25-2/h3-8,18H,9H2,1-2H3,(H,19,21). The van der Waals surface area contributed by atoms with E-state index in [9.17, 15) is 14.9 Å². The Hall–Kier alpha value is -3.00. The number of nitrogens with one attached hydrogen (secondary N) is 2. The molecule has 0 spiro atoms. The van der Waals surface area contributed by atoms with Gasteiger partial charge in [0.15, 0.2) is 0 Å². The molecule has 2 N–H and O–H groups in total. The van der Waals surface area contributed by atoms with E-state index in [4.69, 9.17) is 21.1 Å². The largest absolute Gasteiger partial charge is 0.495 e. The van der Waals surface area contributed by atoms with Crippen LogP contribution in [0.25, 0.3) is 0 Å². The first-order valence-corrected chi connectivity index (χ1v) is 7.52. The van der Waals surface area contributed by atoms with E-state index in [0.29, 0.717) is 22.2 Å². The third-order valence-electron chi connectivity index (χ3n) is 3.27. The third-order valence-corrected chi connectivity index (χ3v) is 3.57. The van der Waals surface area contributed by atoms with Gasteiger partial charge in [-0.25, -0.2) is 0 Å². The Bertz CT molecular complexity index is 797. The highest BCUT2D eigenvalue weighted by molar-refractivity contribution is 6.32. The number of carbonyl (C=O) groups is 1. The van der Waals surface area contributed by atoms with E-state index in [0.717, 1.165) is 0 Å². The Kier molecular flexibility index (Phi) is 6.02. The molecule has 2 aromatic carbocycles. The van der Waals surface area contributed by atoms with Crippen molar-refractivity contribution < 1.29 is 19.2 Å². The first kappa shape index (κ1) is 18.3. The minimum atomic E-state index is -0.549. The summed E-state index contributed by atoms with van der Waals surface area (Å²) in [6, 6.07) is 8.97. The Morgan fingerprint density at radius 1 is 1.16 bits per heavy atom. The molecule has 0 fully saturated rings. The number of nitrogens with zero attached hydrogens (tertiary/aromatic N) is 1. The van der Waals surface area contributed by atoms with Gasteiger partial charge in [-0.15, -0.1) is 0 Å². The molecule has 0 bridgehead atoms. The maximum atomic E-state index is 12.1. The molecule has 0 aromatic heterocycles. The Labute approximate surface area is 148 Å². The summed E-state index contributed by atoms with van der Waals surface area (Å²) in [6.45, 7) is -0.0610. The third kappa shape index (κ3) is 4.74. The zero-order valence-electron chi connectivity index (χ0n) is 13.5. The monoisotopic (exact) mass is 365 g/mol. The molecular formula is C16H16ClN3O5. The van der Waals surface area contributed by atoms with Crippen molar-refractivity contribution in [2.75, 3.05) is 31.4 Å². The van der Waals surface area contributed by atoms with Crippen LogP contribution in [0.2, 0.25) is 5.02 Å². The molecule has 0 atom stereocenters. The lowest BCUT2D eigenvalue weighted by Crippen LogP contribution is -2.22. The molecule has 2 aromatic rings. The van der Waals surface area contributed by atoms with E-state index in [1.54, 1.807) is 18.2 Å². The van der Waals surface area contributed by atoms with Crippen molar-refractivity contribution in [3.05, 3.63) is 51.5 Å². The highest BCUT2D eigenvalue weighted by atomic mass is 35.5. The van der Waals surface area contributed by atoms with Crippen LogP contribution in [-0.2, 0) is 4.79 Å². The van der Waals surface area contributed by atoms with Gasteiger partial charge in [0, 0.05) is 17.8 Å². The molecule has 132 valence electrons. The van der Waals surface area contributed by atoms with Gasteiger partial charge in [0.05, 0.1) is 36.4 Å². The average molecular weight is 366 g/mol. The lowest BCUT2D eigenvalue weighted by Gasteiger charge is -2.11. The first-order chi connectivity index (χ1) is 11.9. The van der Waals surface area contributed by atoms with Crippen LogP contribution < -0.4 is 20.1 Å². The summed E-state index contributed by atoms with van der Waals surface area (Å²) >= 11 is 6.02. The van der Waals surface area contributed by atoms with E-state index >= 15 is 0 Å². The molecule has 9 heteroatoms. The minimum Gasteiger partial charge on any atom is -0.495 e. The van der Waals surface area contributed by atoms with Crippen molar-refractivity contribution in [2.24, 2.45) is 0 Å². The number of anilines is 2. The van der Waals surface area contributed by atoms with E-state index in [1.807, 2.05) is 0 Å². The lowest BCUT2D eigenvalue weighted by molar-refractivity contribution is -0.384. The number of rotatable bonds is 7. The maximum Gasteiger partial charge on any atom is 0.271 e. The summed E-state index contributed by atoms with van der Waals surface area (Å²) in [5.41, 5.74) is 0.703. The van der Waals surface area contributed by atoms with Gasteiger partial charge in [-0.1, -0.05) is 11.6 Å². The summed E-state index contributed by atoms with van der Waals surface area (Å²) in [5, 5.41) is 16.7. The molecule has 2 rings (SSSR count). The Morgan fingerprint density at radius 2 is 1.84 bits per heavy atom. The normalized spacial score (nSPS) is 10.0. The zero-order valence-corrected chi connectivity index (χ0v) is 14.3. The molecule has 8 nitrogen and oxygen atoms in total. The van der Waals surface area contributed by atoms with Crippen molar-refractivity contribution in [1.29, 1.82) is 0 Å². The number of nitro groups is 1. The lowest BCUT2D eigenvalue weighted by atomic mass is 10.2. The summed E-state index contributed by atoms with van der Waals surface area (Å²) < 4.78 is 10.1. The topological polar surface area (TPSA) is 103 Å². The molecule has 0 aliphatic rings. The molecule has 0 aliphatic carbocycles. The van der Waals surface area contributed by atoms with E-state index in [-0.39, 0.29) is 17.9 Å². The zero-order chi connectivity index (χ0) is 18.4. The number of amides is 1. The number of halogens is 1. The first-order valence-electron chi connectivity index (χ1n) is 7.14. The molecule has 0 radical (unpaired) electrons. The molecule has 0 heterocycles. The highest BCUT2D eigenvalue weighted by Gasteiger charge is 2.13. The van der Waals surface area contributed by atoms with Gasteiger partial charge < -0.3 is 20.1 Å². The number of nitro benzene ring substituents is 1. The molecular weight excluding hydrogens is 350 g/mol. The van der Waals surface area contributed by atoms with Crippen molar-refractivity contribution in [3.8, 4) is 11.5 Å². The van der Waals surface area contributed by atoms with Crippen LogP contribution >= 0.6 is 11.6 Å². The van der Waals surface area contributed by atoms with Crippen LogP contribution in [-0.4, -0.2) is 31.6 Å². The van der Waals surface area contributed by atoms with Gasteiger partial charge >= 0.3 is 0 Å². The van der Waals surface area contributed by atoms with Crippen molar-refractivity contribution in [2.45, 2.75) is 0 Å². The minimum absolute atomic E-state index is 0.0610. The fourth-order valence-corrected chi connectivity index (χ4v) is 2.32.